The Labute approximate surface area is 106 Å². The van der Waals surface area contributed by atoms with E-state index < -0.39 is 0 Å². The summed E-state index contributed by atoms with van der Waals surface area (Å²) in [5.74, 6) is 0. The molecule has 1 aromatic rings. The van der Waals surface area contributed by atoms with E-state index in [-0.39, 0.29) is 13.5 Å². The van der Waals surface area contributed by atoms with E-state index in [1.807, 2.05) is 26.1 Å². The summed E-state index contributed by atoms with van der Waals surface area (Å²) in [7, 11) is 0. The van der Waals surface area contributed by atoms with Crippen LogP contribution in [0.3, 0.4) is 0 Å². The van der Waals surface area contributed by atoms with E-state index in [0.717, 1.165) is 29.7 Å². The van der Waals surface area contributed by atoms with E-state index in [1.54, 1.807) is 0 Å². The van der Waals surface area contributed by atoms with Gasteiger partial charge in [-0.3, -0.25) is 4.98 Å². The highest BCUT2D eigenvalue weighted by Crippen LogP contribution is 2.13. The van der Waals surface area contributed by atoms with Crippen LogP contribution in [-0.4, -0.2) is 11.1 Å². The minimum Gasteiger partial charge on any atom is -0.369 e. The fourth-order valence-corrected chi connectivity index (χ4v) is 1.51. The Morgan fingerprint density at radius 1 is 1.47 bits per heavy atom. The molecule has 0 aliphatic rings. The molecule has 0 bridgehead atoms. The number of rotatable bonds is 6. The van der Waals surface area contributed by atoms with Crippen molar-refractivity contribution in [2.24, 2.45) is 0 Å². The van der Waals surface area contributed by atoms with Crippen LogP contribution in [0.15, 0.2) is 30.5 Å². The zero-order valence-corrected chi connectivity index (χ0v) is 10.5. The molecule has 0 saturated carbocycles. The first-order valence-corrected chi connectivity index (χ1v) is 5.82. The lowest BCUT2D eigenvalue weighted by molar-refractivity contribution is 0.0586. The second-order valence-corrected chi connectivity index (χ2v) is 4.24. The number of aryl methyl sites for hydroxylation is 1. The van der Waals surface area contributed by atoms with Gasteiger partial charge in [-0.2, -0.15) is 0 Å². The van der Waals surface area contributed by atoms with Gasteiger partial charge >= 0.3 is 0 Å². The molecule has 1 unspecified atom stereocenters. The minimum atomic E-state index is 0. The van der Waals surface area contributed by atoms with Gasteiger partial charge in [0.2, 0.25) is 0 Å². The first-order valence-electron chi connectivity index (χ1n) is 5.82. The Balaban J connectivity index is 0.00000256. The lowest BCUT2D eigenvalue weighted by Gasteiger charge is -2.17. The first-order chi connectivity index (χ1) is 7.63. The van der Waals surface area contributed by atoms with Crippen molar-refractivity contribution >= 4 is 0 Å². The number of hydrogen-bond acceptors (Lipinski definition) is 2. The highest BCUT2D eigenvalue weighted by Gasteiger charge is 2.08. The van der Waals surface area contributed by atoms with Crippen molar-refractivity contribution in [2.75, 3.05) is 0 Å². The van der Waals surface area contributed by atoms with Gasteiger partial charge in [0.05, 0.1) is 12.7 Å². The maximum Gasteiger partial charge on any atom is 0.0784 e. The van der Waals surface area contributed by atoms with Crippen LogP contribution in [0, 0.1) is 6.92 Å². The number of hydrogen-bond donors (Lipinski definition) is 0. The largest absolute Gasteiger partial charge is 0.369 e. The average Bonchev–Trinajstić information content (AvgIpc) is 2.26. The molecule has 0 spiro atoms. The molecule has 17 heavy (non-hydrogen) atoms. The maximum atomic E-state index is 5.83. The van der Waals surface area contributed by atoms with Crippen LogP contribution < -0.4 is 0 Å². The lowest BCUT2D eigenvalue weighted by Crippen LogP contribution is -2.13. The van der Waals surface area contributed by atoms with Gasteiger partial charge in [-0.05, 0) is 31.9 Å². The van der Waals surface area contributed by atoms with Crippen molar-refractivity contribution in [3.8, 4) is 0 Å². The summed E-state index contributed by atoms with van der Waals surface area (Å²) >= 11 is 0. The third kappa shape index (κ3) is 5.64. The van der Waals surface area contributed by atoms with Crippen molar-refractivity contribution in [1.29, 1.82) is 0 Å². The smallest absolute Gasteiger partial charge is 0.0784 e. The summed E-state index contributed by atoms with van der Waals surface area (Å²) in [6, 6.07) is 4.07. The number of aromatic nitrogens is 1. The van der Waals surface area contributed by atoms with Crippen LogP contribution in [0.1, 0.15) is 45.4 Å². The topological polar surface area (TPSA) is 22.1 Å². The van der Waals surface area contributed by atoms with Crippen LogP contribution in [0.5, 0.6) is 0 Å². The van der Waals surface area contributed by atoms with E-state index >= 15 is 0 Å². The standard InChI is InChI=1S/C14H21NO.CH4/c1-5-6-14(11(2)3)16-10-13-8-7-12(4)15-9-13;/h7-9,14H,2,5-6,10H2,1,3-4H3;1H4. The van der Waals surface area contributed by atoms with Crippen molar-refractivity contribution in [3.63, 3.8) is 0 Å². The molecule has 1 heterocycles. The Bertz CT molecular complexity index is 329. The van der Waals surface area contributed by atoms with E-state index in [0.29, 0.717) is 6.61 Å². The van der Waals surface area contributed by atoms with Gasteiger partial charge in [0, 0.05) is 11.9 Å². The maximum absolute atomic E-state index is 5.83. The summed E-state index contributed by atoms with van der Waals surface area (Å²) in [5.41, 5.74) is 3.25. The quantitative estimate of drug-likeness (QED) is 0.686. The van der Waals surface area contributed by atoms with Crippen LogP contribution in [0.2, 0.25) is 0 Å². The van der Waals surface area contributed by atoms with Crippen molar-refractivity contribution in [3.05, 3.63) is 41.7 Å². The molecule has 0 amide bonds. The number of ether oxygens (including phenoxy) is 1. The van der Waals surface area contributed by atoms with Crippen molar-refractivity contribution < 1.29 is 4.74 Å². The molecule has 1 atom stereocenters. The molecule has 0 radical (unpaired) electrons. The molecular formula is C15H25NO. The van der Waals surface area contributed by atoms with Crippen LogP contribution in [0.4, 0.5) is 0 Å². The van der Waals surface area contributed by atoms with Gasteiger partial charge in [-0.1, -0.05) is 39.0 Å². The van der Waals surface area contributed by atoms with E-state index in [9.17, 15) is 0 Å². The van der Waals surface area contributed by atoms with Gasteiger partial charge in [0.1, 0.15) is 0 Å². The van der Waals surface area contributed by atoms with E-state index in [4.69, 9.17) is 4.74 Å². The molecule has 2 nitrogen and oxygen atoms in total. The highest BCUT2D eigenvalue weighted by atomic mass is 16.5. The lowest BCUT2D eigenvalue weighted by atomic mass is 10.1. The summed E-state index contributed by atoms with van der Waals surface area (Å²) < 4.78 is 5.83. The zero-order chi connectivity index (χ0) is 12.0. The molecule has 2 heteroatoms. The van der Waals surface area contributed by atoms with Gasteiger partial charge in [0.25, 0.3) is 0 Å². The Hall–Kier alpha value is -1.15. The second-order valence-electron chi connectivity index (χ2n) is 4.24. The predicted octanol–water partition coefficient (Wildman–Crippen LogP) is 4.29. The van der Waals surface area contributed by atoms with E-state index in [1.165, 1.54) is 0 Å². The van der Waals surface area contributed by atoms with Crippen LogP contribution in [-0.2, 0) is 11.3 Å². The zero-order valence-electron chi connectivity index (χ0n) is 10.5. The van der Waals surface area contributed by atoms with Crippen LogP contribution >= 0.6 is 0 Å². The predicted molar refractivity (Wildman–Crippen MR) is 74.0 cm³/mol. The van der Waals surface area contributed by atoms with Gasteiger partial charge in [0.15, 0.2) is 0 Å². The van der Waals surface area contributed by atoms with Crippen molar-refractivity contribution in [2.45, 2.75) is 53.8 Å². The minimum absolute atomic E-state index is 0. The molecule has 0 aliphatic heterocycles. The van der Waals surface area contributed by atoms with Gasteiger partial charge in [-0.15, -0.1) is 0 Å². The highest BCUT2D eigenvalue weighted by molar-refractivity contribution is 5.12. The monoisotopic (exact) mass is 235 g/mol. The SMILES string of the molecule is C.C=C(C)C(CCC)OCc1ccc(C)nc1. The Kier molecular flexibility index (Phi) is 7.47. The van der Waals surface area contributed by atoms with Crippen LogP contribution in [0.25, 0.3) is 0 Å². The molecular weight excluding hydrogens is 210 g/mol. The molecule has 0 saturated heterocycles. The van der Waals surface area contributed by atoms with Gasteiger partial charge < -0.3 is 4.74 Å². The fourth-order valence-electron chi connectivity index (χ4n) is 1.51. The summed E-state index contributed by atoms with van der Waals surface area (Å²) in [5, 5.41) is 0. The van der Waals surface area contributed by atoms with E-state index in [2.05, 4.69) is 24.6 Å². The number of pyridine rings is 1. The molecule has 1 rings (SSSR count). The summed E-state index contributed by atoms with van der Waals surface area (Å²) in [4.78, 5) is 4.25. The Morgan fingerprint density at radius 3 is 2.65 bits per heavy atom. The molecule has 0 aliphatic carbocycles. The third-order valence-corrected chi connectivity index (χ3v) is 2.52. The second kappa shape index (κ2) is 8.02. The Morgan fingerprint density at radius 2 is 2.18 bits per heavy atom. The first kappa shape index (κ1) is 15.9. The molecule has 0 aromatic carbocycles. The number of nitrogens with zero attached hydrogens (tertiary/aromatic N) is 1. The molecule has 0 N–H and O–H groups in total. The van der Waals surface area contributed by atoms with Crippen molar-refractivity contribution in [1.82, 2.24) is 4.98 Å². The summed E-state index contributed by atoms with van der Waals surface area (Å²) in [6.45, 7) is 10.7. The molecule has 1 aromatic heterocycles. The third-order valence-electron chi connectivity index (χ3n) is 2.52. The fraction of sp³-hybridized carbons (Fsp3) is 0.533. The molecule has 0 fully saturated rings. The summed E-state index contributed by atoms with van der Waals surface area (Å²) in [6.07, 6.45) is 4.20. The average molecular weight is 235 g/mol. The van der Waals surface area contributed by atoms with Gasteiger partial charge in [-0.25, -0.2) is 0 Å². The normalized spacial score (nSPS) is 11.7. The molecule has 96 valence electrons.